The summed E-state index contributed by atoms with van der Waals surface area (Å²) in [7, 11) is 0. The molecule has 2 aromatic rings. The molecule has 0 saturated carbocycles. The zero-order valence-electron chi connectivity index (χ0n) is 11.0. The van der Waals surface area contributed by atoms with Crippen molar-refractivity contribution in [3.05, 3.63) is 29.2 Å². The van der Waals surface area contributed by atoms with E-state index >= 15 is 0 Å². The third-order valence-electron chi connectivity index (χ3n) is 2.92. The highest BCUT2D eigenvalue weighted by molar-refractivity contribution is 6.30. The number of aliphatic hydroxyl groups is 1. The van der Waals surface area contributed by atoms with Crippen molar-refractivity contribution < 1.29 is 9.63 Å². The van der Waals surface area contributed by atoms with E-state index in [9.17, 15) is 5.11 Å². The molecule has 102 valence electrons. The van der Waals surface area contributed by atoms with E-state index in [0.717, 1.165) is 0 Å². The maximum Gasteiger partial charge on any atom is 0.232 e. The van der Waals surface area contributed by atoms with E-state index in [1.807, 2.05) is 13.8 Å². The van der Waals surface area contributed by atoms with E-state index in [0.29, 0.717) is 22.4 Å². The molecular weight excluding hydrogens is 266 g/mol. The molecule has 2 atom stereocenters. The number of halogens is 1. The number of nitrogens with zero attached hydrogens (tertiary/aromatic N) is 3. The maximum absolute atomic E-state index is 9.79. The summed E-state index contributed by atoms with van der Waals surface area (Å²) in [4.78, 5) is 8.44. The summed E-state index contributed by atoms with van der Waals surface area (Å²) < 4.78 is 5.24. The third-order valence-corrected chi connectivity index (χ3v) is 3.14. The Balaban J connectivity index is 2.30. The fourth-order valence-electron chi connectivity index (χ4n) is 2.03. The van der Waals surface area contributed by atoms with Crippen LogP contribution in [-0.4, -0.2) is 26.3 Å². The second-order valence-electron chi connectivity index (χ2n) is 4.83. The van der Waals surface area contributed by atoms with Crippen LogP contribution in [0.5, 0.6) is 0 Å². The Morgan fingerprint density at radius 3 is 2.53 bits per heavy atom. The quantitative estimate of drug-likeness (QED) is 0.933. The van der Waals surface area contributed by atoms with Crippen molar-refractivity contribution in [3.8, 4) is 11.5 Å². The molecule has 2 unspecified atom stereocenters. The van der Waals surface area contributed by atoms with Gasteiger partial charge in [0.2, 0.25) is 11.7 Å². The van der Waals surface area contributed by atoms with Gasteiger partial charge < -0.3 is 9.63 Å². The van der Waals surface area contributed by atoms with Gasteiger partial charge in [-0.3, -0.25) is 4.98 Å². The normalized spacial score (nSPS) is 14.6. The minimum absolute atomic E-state index is 0.187. The lowest BCUT2D eigenvalue weighted by Crippen LogP contribution is -2.20. The van der Waals surface area contributed by atoms with E-state index in [-0.39, 0.29) is 11.8 Å². The Morgan fingerprint density at radius 2 is 2.00 bits per heavy atom. The standard InChI is InChI=1S/C13H16ClN3O2/c1-7(2)11(8(3)18)13-16-12(17-19-13)10-5-4-9(14)6-15-10/h4-8,11,18H,1-3H3. The van der Waals surface area contributed by atoms with Crippen LogP contribution in [0.25, 0.3) is 11.5 Å². The smallest absolute Gasteiger partial charge is 0.232 e. The van der Waals surface area contributed by atoms with E-state index in [1.165, 1.54) is 6.20 Å². The first-order valence-corrected chi connectivity index (χ1v) is 6.50. The fraction of sp³-hybridized carbons (Fsp3) is 0.462. The molecule has 0 aliphatic carbocycles. The molecule has 6 heteroatoms. The van der Waals surface area contributed by atoms with Crippen molar-refractivity contribution >= 4 is 11.6 Å². The fourth-order valence-corrected chi connectivity index (χ4v) is 2.14. The van der Waals surface area contributed by atoms with Crippen molar-refractivity contribution in [3.63, 3.8) is 0 Å². The van der Waals surface area contributed by atoms with Crippen LogP contribution in [0.3, 0.4) is 0 Å². The molecule has 0 fully saturated rings. The Morgan fingerprint density at radius 1 is 1.26 bits per heavy atom. The highest BCUT2D eigenvalue weighted by Crippen LogP contribution is 2.28. The van der Waals surface area contributed by atoms with Crippen LogP contribution in [0, 0.1) is 5.92 Å². The summed E-state index contributed by atoms with van der Waals surface area (Å²) >= 11 is 5.78. The first kappa shape index (κ1) is 14.0. The van der Waals surface area contributed by atoms with Gasteiger partial charge in [-0.25, -0.2) is 0 Å². The molecule has 0 bridgehead atoms. The molecule has 2 rings (SSSR count). The SMILES string of the molecule is CC(C)C(c1nc(-c2ccc(Cl)cn2)no1)C(C)O. The average Bonchev–Trinajstić information content (AvgIpc) is 2.78. The number of hydrogen-bond acceptors (Lipinski definition) is 5. The molecule has 0 radical (unpaired) electrons. The molecule has 0 aromatic carbocycles. The van der Waals surface area contributed by atoms with Gasteiger partial charge in [0.1, 0.15) is 5.69 Å². The molecule has 5 nitrogen and oxygen atoms in total. The Labute approximate surface area is 116 Å². The van der Waals surface area contributed by atoms with Crippen molar-refractivity contribution in [2.75, 3.05) is 0 Å². The molecule has 0 spiro atoms. The molecule has 2 aromatic heterocycles. The first-order chi connectivity index (χ1) is 8.99. The molecule has 2 heterocycles. The number of pyridine rings is 1. The summed E-state index contributed by atoms with van der Waals surface area (Å²) in [5, 5.41) is 14.2. The first-order valence-electron chi connectivity index (χ1n) is 6.12. The van der Waals surface area contributed by atoms with Crippen LogP contribution in [0.1, 0.15) is 32.6 Å². The molecular formula is C13H16ClN3O2. The third kappa shape index (κ3) is 3.11. The van der Waals surface area contributed by atoms with E-state index in [2.05, 4.69) is 15.1 Å². The maximum atomic E-state index is 9.79. The Kier molecular flexibility index (Phi) is 4.17. The Bertz CT molecular complexity index is 529. The molecule has 0 saturated heterocycles. The van der Waals surface area contributed by atoms with Crippen LogP contribution >= 0.6 is 11.6 Å². The minimum atomic E-state index is -0.550. The summed E-state index contributed by atoms with van der Waals surface area (Å²) in [6.45, 7) is 5.72. The van der Waals surface area contributed by atoms with E-state index in [1.54, 1.807) is 19.1 Å². The molecule has 0 aliphatic rings. The highest BCUT2D eigenvalue weighted by Gasteiger charge is 2.27. The lowest BCUT2D eigenvalue weighted by Gasteiger charge is -2.19. The predicted molar refractivity (Wildman–Crippen MR) is 71.8 cm³/mol. The predicted octanol–water partition coefficient (Wildman–Crippen LogP) is 2.91. The van der Waals surface area contributed by atoms with Crippen LogP contribution < -0.4 is 0 Å². The van der Waals surface area contributed by atoms with Gasteiger partial charge in [0, 0.05) is 6.20 Å². The van der Waals surface area contributed by atoms with Gasteiger partial charge in [0.15, 0.2) is 0 Å². The number of aliphatic hydroxyl groups excluding tert-OH is 1. The van der Waals surface area contributed by atoms with Crippen molar-refractivity contribution in [1.29, 1.82) is 0 Å². The number of aromatic nitrogens is 3. The van der Waals surface area contributed by atoms with Crippen LogP contribution in [0.2, 0.25) is 5.02 Å². The monoisotopic (exact) mass is 281 g/mol. The molecule has 0 amide bonds. The van der Waals surface area contributed by atoms with Gasteiger partial charge in [-0.2, -0.15) is 4.98 Å². The lowest BCUT2D eigenvalue weighted by atomic mass is 9.91. The topological polar surface area (TPSA) is 72.0 Å². The zero-order valence-corrected chi connectivity index (χ0v) is 11.8. The summed E-state index contributed by atoms with van der Waals surface area (Å²) in [5.41, 5.74) is 0.590. The zero-order chi connectivity index (χ0) is 14.0. The van der Waals surface area contributed by atoms with E-state index < -0.39 is 6.10 Å². The lowest BCUT2D eigenvalue weighted by molar-refractivity contribution is 0.120. The largest absolute Gasteiger partial charge is 0.393 e. The van der Waals surface area contributed by atoms with Gasteiger partial charge in [0.25, 0.3) is 0 Å². The van der Waals surface area contributed by atoms with Gasteiger partial charge in [-0.1, -0.05) is 30.6 Å². The molecule has 19 heavy (non-hydrogen) atoms. The van der Waals surface area contributed by atoms with Crippen LogP contribution in [0.4, 0.5) is 0 Å². The summed E-state index contributed by atoms with van der Waals surface area (Å²) in [6.07, 6.45) is 0.980. The second kappa shape index (κ2) is 5.67. The Hall–Kier alpha value is -1.46. The average molecular weight is 282 g/mol. The van der Waals surface area contributed by atoms with Crippen molar-refractivity contribution in [1.82, 2.24) is 15.1 Å². The minimum Gasteiger partial charge on any atom is -0.393 e. The summed E-state index contributed by atoms with van der Waals surface area (Å²) in [6, 6.07) is 3.44. The van der Waals surface area contributed by atoms with Gasteiger partial charge in [-0.05, 0) is 25.0 Å². The van der Waals surface area contributed by atoms with Gasteiger partial charge in [0.05, 0.1) is 17.0 Å². The number of rotatable bonds is 4. The second-order valence-corrected chi connectivity index (χ2v) is 5.26. The highest BCUT2D eigenvalue weighted by atomic mass is 35.5. The van der Waals surface area contributed by atoms with Crippen LogP contribution in [0.15, 0.2) is 22.9 Å². The molecule has 0 aliphatic heterocycles. The van der Waals surface area contributed by atoms with Gasteiger partial charge >= 0.3 is 0 Å². The van der Waals surface area contributed by atoms with E-state index in [4.69, 9.17) is 16.1 Å². The van der Waals surface area contributed by atoms with Crippen LogP contribution in [-0.2, 0) is 0 Å². The van der Waals surface area contributed by atoms with Crippen molar-refractivity contribution in [2.45, 2.75) is 32.8 Å². The number of hydrogen-bond donors (Lipinski definition) is 1. The van der Waals surface area contributed by atoms with Crippen molar-refractivity contribution in [2.24, 2.45) is 5.92 Å². The summed E-state index contributed by atoms with van der Waals surface area (Å²) in [5.74, 6) is 0.842. The van der Waals surface area contributed by atoms with Gasteiger partial charge in [-0.15, -0.1) is 0 Å². The molecule has 1 N–H and O–H groups in total.